The van der Waals surface area contributed by atoms with Gasteiger partial charge in [-0.3, -0.25) is 4.90 Å². The van der Waals surface area contributed by atoms with E-state index in [-0.39, 0.29) is 6.04 Å². The molecule has 0 spiro atoms. The topological polar surface area (TPSA) is 15.3 Å². The van der Waals surface area contributed by atoms with Crippen molar-refractivity contribution >= 4 is 11.3 Å². The van der Waals surface area contributed by atoms with E-state index in [2.05, 4.69) is 5.32 Å². The number of halogens is 3. The summed E-state index contributed by atoms with van der Waals surface area (Å²) in [6.07, 6.45) is -2.28. The molecule has 1 aromatic rings. The van der Waals surface area contributed by atoms with E-state index in [4.69, 9.17) is 0 Å². The maximum atomic E-state index is 12.4. The standard InChI is InChI=1S/C12H17F3N2S/c13-12(14,15)9-17(10-3-4-10)6-5-16-8-11-2-1-7-18-11/h1-2,7,10,16H,3-6,8-9H2. The number of thiophene rings is 1. The van der Waals surface area contributed by atoms with Gasteiger partial charge in [-0.15, -0.1) is 11.3 Å². The molecule has 0 aliphatic heterocycles. The average Bonchev–Trinajstić information content (AvgIpc) is 2.99. The SMILES string of the molecule is FC(F)(F)CN(CCNCc1cccs1)C1CC1. The number of rotatable bonds is 7. The normalized spacial score (nSPS) is 16.4. The summed E-state index contributed by atoms with van der Waals surface area (Å²) in [6.45, 7) is 1.03. The third-order valence-corrected chi connectivity index (χ3v) is 3.78. The highest BCUT2D eigenvalue weighted by atomic mass is 32.1. The van der Waals surface area contributed by atoms with E-state index in [0.717, 1.165) is 19.4 Å². The molecule has 0 saturated heterocycles. The molecule has 1 aliphatic rings. The fraction of sp³-hybridized carbons (Fsp3) is 0.667. The lowest BCUT2D eigenvalue weighted by Crippen LogP contribution is -2.40. The minimum absolute atomic E-state index is 0.148. The van der Waals surface area contributed by atoms with E-state index >= 15 is 0 Å². The fourth-order valence-electron chi connectivity index (χ4n) is 1.91. The van der Waals surface area contributed by atoms with Gasteiger partial charge in [-0.1, -0.05) is 6.07 Å². The van der Waals surface area contributed by atoms with Crippen molar-refractivity contribution in [1.29, 1.82) is 0 Å². The number of nitrogens with zero attached hydrogens (tertiary/aromatic N) is 1. The van der Waals surface area contributed by atoms with Crippen LogP contribution >= 0.6 is 11.3 Å². The third-order valence-electron chi connectivity index (χ3n) is 2.90. The highest BCUT2D eigenvalue weighted by molar-refractivity contribution is 7.09. The van der Waals surface area contributed by atoms with Crippen LogP contribution in [0.5, 0.6) is 0 Å². The van der Waals surface area contributed by atoms with Gasteiger partial charge in [0, 0.05) is 30.6 Å². The minimum Gasteiger partial charge on any atom is -0.311 e. The van der Waals surface area contributed by atoms with Crippen molar-refractivity contribution < 1.29 is 13.2 Å². The Hall–Kier alpha value is -0.590. The summed E-state index contributed by atoms with van der Waals surface area (Å²) in [4.78, 5) is 2.75. The third kappa shape index (κ3) is 4.96. The molecular weight excluding hydrogens is 261 g/mol. The second-order valence-corrected chi connectivity index (χ2v) is 5.61. The summed E-state index contributed by atoms with van der Waals surface area (Å²) < 4.78 is 37.1. The van der Waals surface area contributed by atoms with Crippen LogP contribution in [0.3, 0.4) is 0 Å². The fourth-order valence-corrected chi connectivity index (χ4v) is 2.58. The Morgan fingerprint density at radius 1 is 1.39 bits per heavy atom. The lowest BCUT2D eigenvalue weighted by molar-refractivity contribution is -0.147. The van der Waals surface area contributed by atoms with Gasteiger partial charge < -0.3 is 5.32 Å². The molecule has 0 bridgehead atoms. The van der Waals surface area contributed by atoms with Gasteiger partial charge in [-0.2, -0.15) is 13.2 Å². The van der Waals surface area contributed by atoms with E-state index in [1.165, 1.54) is 4.88 Å². The van der Waals surface area contributed by atoms with Crippen molar-refractivity contribution in [2.75, 3.05) is 19.6 Å². The van der Waals surface area contributed by atoms with Gasteiger partial charge in [0.05, 0.1) is 6.54 Å². The average molecular weight is 278 g/mol. The molecule has 0 radical (unpaired) electrons. The first-order chi connectivity index (χ1) is 8.54. The van der Waals surface area contributed by atoms with Crippen LogP contribution < -0.4 is 5.32 Å². The maximum absolute atomic E-state index is 12.4. The van der Waals surface area contributed by atoms with Gasteiger partial charge in [0.1, 0.15) is 0 Å². The Labute approximate surface area is 109 Å². The lowest BCUT2D eigenvalue weighted by atomic mass is 10.4. The first-order valence-electron chi connectivity index (χ1n) is 6.08. The summed E-state index contributed by atoms with van der Waals surface area (Å²) in [5, 5.41) is 5.19. The van der Waals surface area contributed by atoms with Crippen LogP contribution in [-0.2, 0) is 6.54 Å². The van der Waals surface area contributed by atoms with E-state index in [9.17, 15) is 13.2 Å². The quantitative estimate of drug-likeness (QED) is 0.772. The van der Waals surface area contributed by atoms with Gasteiger partial charge in [0.2, 0.25) is 0 Å². The summed E-state index contributed by atoms with van der Waals surface area (Å²) in [5.41, 5.74) is 0. The first-order valence-corrected chi connectivity index (χ1v) is 6.96. The van der Waals surface area contributed by atoms with Crippen LogP contribution in [0.15, 0.2) is 17.5 Å². The Morgan fingerprint density at radius 3 is 2.72 bits per heavy atom. The zero-order valence-electron chi connectivity index (χ0n) is 10.0. The molecular formula is C12H17F3N2S. The molecule has 0 aromatic carbocycles. The number of hydrogen-bond donors (Lipinski definition) is 1. The molecule has 0 atom stereocenters. The van der Waals surface area contributed by atoms with Crippen LogP contribution in [0.2, 0.25) is 0 Å². The highest BCUT2D eigenvalue weighted by Gasteiger charge is 2.37. The summed E-state index contributed by atoms with van der Waals surface area (Å²) >= 11 is 1.65. The van der Waals surface area contributed by atoms with Crippen molar-refractivity contribution in [2.45, 2.75) is 31.6 Å². The summed E-state index contributed by atoms with van der Waals surface area (Å²) in [7, 11) is 0. The Bertz CT molecular complexity index is 347. The van der Waals surface area contributed by atoms with Gasteiger partial charge in [-0.25, -0.2) is 0 Å². The van der Waals surface area contributed by atoms with Crippen LogP contribution in [0, 0.1) is 0 Å². The van der Waals surface area contributed by atoms with Crippen molar-refractivity contribution in [2.24, 2.45) is 0 Å². The summed E-state index contributed by atoms with van der Waals surface area (Å²) in [5.74, 6) is 0. The van der Waals surface area contributed by atoms with Gasteiger partial charge in [0.25, 0.3) is 0 Å². The molecule has 2 nitrogen and oxygen atoms in total. The van der Waals surface area contributed by atoms with Gasteiger partial charge in [-0.05, 0) is 24.3 Å². The van der Waals surface area contributed by atoms with Crippen LogP contribution in [0.25, 0.3) is 0 Å². The molecule has 1 N–H and O–H groups in total. The molecule has 18 heavy (non-hydrogen) atoms. The van der Waals surface area contributed by atoms with Crippen molar-refractivity contribution in [3.05, 3.63) is 22.4 Å². The van der Waals surface area contributed by atoms with Gasteiger partial charge >= 0.3 is 6.18 Å². The van der Waals surface area contributed by atoms with Crippen LogP contribution in [0.4, 0.5) is 13.2 Å². The number of nitrogens with one attached hydrogen (secondary N) is 1. The van der Waals surface area contributed by atoms with Gasteiger partial charge in [0.15, 0.2) is 0 Å². The van der Waals surface area contributed by atoms with Crippen LogP contribution in [-0.4, -0.2) is 36.8 Å². The van der Waals surface area contributed by atoms with Crippen molar-refractivity contribution in [3.63, 3.8) is 0 Å². The molecule has 1 saturated carbocycles. The minimum atomic E-state index is -4.09. The molecule has 1 aliphatic carbocycles. The smallest absolute Gasteiger partial charge is 0.311 e. The molecule has 1 aromatic heterocycles. The lowest BCUT2D eigenvalue weighted by Gasteiger charge is -2.23. The first kappa shape index (κ1) is 13.8. The Morgan fingerprint density at radius 2 is 2.17 bits per heavy atom. The molecule has 2 rings (SSSR count). The van der Waals surface area contributed by atoms with Crippen molar-refractivity contribution in [1.82, 2.24) is 10.2 Å². The largest absolute Gasteiger partial charge is 0.401 e. The molecule has 0 unspecified atom stereocenters. The zero-order valence-corrected chi connectivity index (χ0v) is 10.9. The second-order valence-electron chi connectivity index (χ2n) is 4.57. The maximum Gasteiger partial charge on any atom is 0.401 e. The van der Waals surface area contributed by atoms with Crippen LogP contribution in [0.1, 0.15) is 17.7 Å². The van der Waals surface area contributed by atoms with E-state index < -0.39 is 12.7 Å². The monoisotopic (exact) mass is 278 g/mol. The second kappa shape index (κ2) is 6.04. The summed E-state index contributed by atoms with van der Waals surface area (Å²) in [6, 6.07) is 4.14. The molecule has 6 heteroatoms. The predicted molar refractivity (Wildman–Crippen MR) is 66.7 cm³/mol. The highest BCUT2D eigenvalue weighted by Crippen LogP contribution is 2.29. The Balaban J connectivity index is 1.66. The van der Waals surface area contributed by atoms with Crippen molar-refractivity contribution in [3.8, 4) is 0 Å². The predicted octanol–water partition coefficient (Wildman–Crippen LogP) is 2.86. The molecule has 0 amide bonds. The zero-order chi connectivity index (χ0) is 13.0. The van der Waals surface area contributed by atoms with E-state index in [0.29, 0.717) is 13.1 Å². The molecule has 1 fully saturated rings. The number of alkyl halides is 3. The molecule has 102 valence electrons. The molecule has 1 heterocycles. The van der Waals surface area contributed by atoms with E-state index in [1.54, 1.807) is 16.2 Å². The Kier molecular flexibility index (Phi) is 4.64. The van der Waals surface area contributed by atoms with E-state index in [1.807, 2.05) is 17.5 Å². The number of hydrogen-bond acceptors (Lipinski definition) is 3.